The van der Waals surface area contributed by atoms with Crippen LogP contribution in [0.25, 0.3) is 0 Å². The summed E-state index contributed by atoms with van der Waals surface area (Å²) in [6.45, 7) is 0. The Bertz CT molecular complexity index is 338. The van der Waals surface area contributed by atoms with Crippen LogP contribution in [0, 0.1) is 0 Å². The van der Waals surface area contributed by atoms with Gasteiger partial charge in [0.1, 0.15) is 0 Å². The minimum atomic E-state index is -2.41. The second-order valence-corrected chi connectivity index (χ2v) is 3.48. The van der Waals surface area contributed by atoms with Gasteiger partial charge in [0.15, 0.2) is 0 Å². The molecule has 1 aromatic carbocycles. The maximum absolute atomic E-state index is 12.9. The molecular weight excluding hydrogens is 216 g/mol. The van der Waals surface area contributed by atoms with Gasteiger partial charge in [-0.1, -0.05) is 35.3 Å². The van der Waals surface area contributed by atoms with Crippen LogP contribution in [0.3, 0.4) is 0 Å². The van der Waals surface area contributed by atoms with Gasteiger partial charge in [0, 0.05) is 5.56 Å². The lowest BCUT2D eigenvalue weighted by molar-refractivity contribution is 0.405. The molecule has 0 unspecified atom stereocenters. The number of halogens is 3. The van der Waals surface area contributed by atoms with Gasteiger partial charge in [-0.3, -0.25) is 0 Å². The van der Waals surface area contributed by atoms with E-state index in [-0.39, 0.29) is 5.56 Å². The Balaban J connectivity index is 3.00. The van der Waals surface area contributed by atoms with Gasteiger partial charge in [0.05, 0.1) is 5.69 Å². The van der Waals surface area contributed by atoms with Crippen molar-refractivity contribution in [3.63, 3.8) is 0 Å². The lowest BCUT2D eigenvalue weighted by Crippen LogP contribution is -2.00. The number of carbonyl (C=O) groups excluding carboxylic acids is 1. The molecular formula is C8H4Cl2FNO. The third kappa shape index (κ3) is 2.81. The summed E-state index contributed by atoms with van der Waals surface area (Å²) in [6.07, 6.45) is 1.36. The minimum Gasteiger partial charge on any atom is -0.211 e. The monoisotopic (exact) mass is 219 g/mol. The Morgan fingerprint density at radius 3 is 2.23 bits per heavy atom. The van der Waals surface area contributed by atoms with Gasteiger partial charge in [-0.2, -0.15) is 4.99 Å². The number of nitrogens with zero attached hydrogens (tertiary/aromatic N) is 1. The van der Waals surface area contributed by atoms with Crippen LogP contribution in [0.5, 0.6) is 0 Å². The molecule has 0 saturated heterocycles. The number of aliphatic imine (C=N–C) groups is 1. The highest BCUT2D eigenvalue weighted by Gasteiger charge is 2.24. The molecule has 68 valence electrons. The molecule has 0 aliphatic rings. The second kappa shape index (κ2) is 3.88. The van der Waals surface area contributed by atoms with Crippen LogP contribution in [0.15, 0.2) is 29.3 Å². The number of hydrogen-bond donors (Lipinski definition) is 0. The van der Waals surface area contributed by atoms with Gasteiger partial charge in [-0.25, -0.2) is 9.18 Å². The first-order chi connectivity index (χ1) is 6.04. The molecule has 0 fully saturated rings. The molecule has 0 saturated carbocycles. The van der Waals surface area contributed by atoms with Crippen molar-refractivity contribution in [2.24, 2.45) is 4.99 Å². The first kappa shape index (κ1) is 10.2. The zero-order valence-corrected chi connectivity index (χ0v) is 7.81. The lowest BCUT2D eigenvalue weighted by atomic mass is 10.2. The number of rotatable bonds is 2. The SMILES string of the molecule is O=C=Nc1ccc(C(F)(Cl)Cl)cc1. The Labute approximate surface area is 84.0 Å². The average Bonchev–Trinajstić information content (AvgIpc) is 2.04. The quantitative estimate of drug-likeness (QED) is 0.427. The molecule has 0 N–H and O–H groups in total. The average molecular weight is 220 g/mol. The zero-order chi connectivity index (χ0) is 9.90. The fourth-order valence-corrected chi connectivity index (χ4v) is 1.03. The molecule has 0 aliphatic carbocycles. The van der Waals surface area contributed by atoms with Crippen molar-refractivity contribution in [1.82, 2.24) is 0 Å². The number of alkyl halides is 3. The number of isocyanates is 1. The van der Waals surface area contributed by atoms with E-state index in [1.165, 1.54) is 30.3 Å². The van der Waals surface area contributed by atoms with Crippen molar-refractivity contribution in [3.8, 4) is 0 Å². The third-order valence-corrected chi connectivity index (χ3v) is 1.81. The standard InChI is InChI=1S/C8H4Cl2FNO/c9-8(10,11)6-1-3-7(4-2-6)12-5-13/h1-4H. The van der Waals surface area contributed by atoms with Gasteiger partial charge < -0.3 is 0 Å². The molecule has 0 atom stereocenters. The first-order valence-electron chi connectivity index (χ1n) is 3.29. The van der Waals surface area contributed by atoms with Crippen molar-refractivity contribution in [2.45, 2.75) is 4.59 Å². The Morgan fingerprint density at radius 2 is 1.85 bits per heavy atom. The van der Waals surface area contributed by atoms with E-state index in [9.17, 15) is 9.18 Å². The summed E-state index contributed by atoms with van der Waals surface area (Å²) in [5, 5.41) is 0. The molecule has 2 nitrogen and oxygen atoms in total. The molecule has 0 aromatic heterocycles. The maximum Gasteiger partial charge on any atom is 0.283 e. The topological polar surface area (TPSA) is 29.4 Å². The van der Waals surface area contributed by atoms with Crippen LogP contribution in [-0.2, 0) is 9.38 Å². The second-order valence-electron chi connectivity index (χ2n) is 2.25. The molecule has 5 heteroatoms. The number of benzene rings is 1. The van der Waals surface area contributed by atoms with Crippen molar-refractivity contribution < 1.29 is 9.18 Å². The van der Waals surface area contributed by atoms with Gasteiger partial charge in [-0.15, -0.1) is 0 Å². The predicted octanol–water partition coefficient (Wildman–Crippen LogP) is 3.21. The molecule has 0 amide bonds. The summed E-state index contributed by atoms with van der Waals surface area (Å²) < 4.78 is 10.4. The highest BCUT2D eigenvalue weighted by atomic mass is 35.5. The maximum atomic E-state index is 12.9. The summed E-state index contributed by atoms with van der Waals surface area (Å²) in [7, 11) is 0. The highest BCUT2D eigenvalue weighted by Crippen LogP contribution is 2.35. The molecule has 0 bridgehead atoms. The number of hydrogen-bond acceptors (Lipinski definition) is 2. The van der Waals surface area contributed by atoms with Gasteiger partial charge in [-0.05, 0) is 12.1 Å². The summed E-state index contributed by atoms with van der Waals surface area (Å²) >= 11 is 10.4. The van der Waals surface area contributed by atoms with Gasteiger partial charge in [0.2, 0.25) is 6.08 Å². The zero-order valence-electron chi connectivity index (χ0n) is 6.30. The molecule has 1 rings (SSSR count). The van der Waals surface area contributed by atoms with Crippen LogP contribution >= 0.6 is 23.2 Å². The highest BCUT2D eigenvalue weighted by molar-refractivity contribution is 6.46. The molecule has 0 aliphatic heterocycles. The summed E-state index contributed by atoms with van der Waals surface area (Å²) in [4.78, 5) is 13.2. The van der Waals surface area contributed by atoms with E-state index >= 15 is 0 Å². The molecule has 13 heavy (non-hydrogen) atoms. The summed E-state index contributed by atoms with van der Waals surface area (Å²) in [5.74, 6) is 0. The fourth-order valence-electron chi connectivity index (χ4n) is 0.778. The normalized spacial score (nSPS) is 10.7. The van der Waals surface area contributed by atoms with E-state index in [0.717, 1.165) is 0 Å². The van der Waals surface area contributed by atoms with Crippen molar-refractivity contribution in [3.05, 3.63) is 29.8 Å². The summed E-state index contributed by atoms with van der Waals surface area (Å²) in [5.41, 5.74) is 0.469. The summed E-state index contributed by atoms with van der Waals surface area (Å²) in [6, 6.07) is 5.52. The van der Waals surface area contributed by atoms with Crippen LogP contribution in [0.4, 0.5) is 10.1 Å². The largest absolute Gasteiger partial charge is 0.283 e. The Morgan fingerprint density at radius 1 is 1.31 bits per heavy atom. The van der Waals surface area contributed by atoms with Crippen molar-refractivity contribution in [1.29, 1.82) is 0 Å². The van der Waals surface area contributed by atoms with Gasteiger partial charge >= 0.3 is 0 Å². The van der Waals surface area contributed by atoms with Crippen molar-refractivity contribution in [2.75, 3.05) is 0 Å². The minimum absolute atomic E-state index is 0.0979. The van der Waals surface area contributed by atoms with E-state index in [2.05, 4.69) is 4.99 Å². The Kier molecular flexibility index (Phi) is 3.04. The lowest BCUT2D eigenvalue weighted by Gasteiger charge is -2.08. The molecule has 0 heterocycles. The van der Waals surface area contributed by atoms with Crippen LogP contribution in [-0.4, -0.2) is 6.08 Å². The molecule has 0 radical (unpaired) electrons. The van der Waals surface area contributed by atoms with Crippen LogP contribution in [0.1, 0.15) is 5.56 Å². The van der Waals surface area contributed by atoms with E-state index in [1.807, 2.05) is 0 Å². The Hall–Kier alpha value is -0.890. The van der Waals surface area contributed by atoms with E-state index < -0.39 is 4.59 Å². The first-order valence-corrected chi connectivity index (χ1v) is 4.05. The molecule has 0 spiro atoms. The van der Waals surface area contributed by atoms with E-state index in [0.29, 0.717) is 5.69 Å². The van der Waals surface area contributed by atoms with Gasteiger partial charge in [0.25, 0.3) is 4.59 Å². The van der Waals surface area contributed by atoms with Crippen molar-refractivity contribution >= 4 is 35.0 Å². The van der Waals surface area contributed by atoms with Crippen LogP contribution in [0.2, 0.25) is 0 Å². The molecule has 1 aromatic rings. The van der Waals surface area contributed by atoms with E-state index in [4.69, 9.17) is 23.2 Å². The predicted molar refractivity (Wildman–Crippen MR) is 48.7 cm³/mol. The van der Waals surface area contributed by atoms with E-state index in [1.54, 1.807) is 0 Å². The third-order valence-electron chi connectivity index (χ3n) is 1.37. The fraction of sp³-hybridized carbons (Fsp3) is 0.125. The smallest absolute Gasteiger partial charge is 0.211 e. The van der Waals surface area contributed by atoms with Crippen LogP contribution < -0.4 is 0 Å².